The summed E-state index contributed by atoms with van der Waals surface area (Å²) in [5.74, 6) is -1.41. The molecule has 0 saturated carbocycles. The summed E-state index contributed by atoms with van der Waals surface area (Å²) in [6, 6.07) is 8.09. The number of hydrogen-bond acceptors (Lipinski definition) is 7. The molecule has 0 fully saturated rings. The van der Waals surface area contributed by atoms with E-state index in [0.29, 0.717) is 40.2 Å². The lowest BCUT2D eigenvalue weighted by atomic mass is 9.68. The van der Waals surface area contributed by atoms with E-state index in [1.165, 1.54) is 30.6 Å². The van der Waals surface area contributed by atoms with Gasteiger partial charge in [-0.05, 0) is 60.8 Å². The van der Waals surface area contributed by atoms with Crippen molar-refractivity contribution >= 4 is 28.1 Å². The molecule has 0 radical (unpaired) electrons. The number of nitriles is 1. The Hall–Kier alpha value is -3.44. The number of carbonyl (C=O) groups is 2. The highest BCUT2D eigenvalue weighted by molar-refractivity contribution is 7.16. The third-order valence-corrected chi connectivity index (χ3v) is 8.61. The molecule has 0 saturated heterocycles. The Kier molecular flexibility index (Phi) is 6.00. The highest BCUT2D eigenvalue weighted by Gasteiger charge is 2.46. The maximum absolute atomic E-state index is 13.7. The molecule has 1 aliphatic heterocycles. The van der Waals surface area contributed by atoms with E-state index in [9.17, 15) is 19.2 Å². The van der Waals surface area contributed by atoms with Crippen molar-refractivity contribution in [2.45, 2.75) is 58.3 Å². The summed E-state index contributed by atoms with van der Waals surface area (Å²) in [6.45, 7) is 4.06. The van der Waals surface area contributed by atoms with Gasteiger partial charge in [-0.25, -0.2) is 9.18 Å². The van der Waals surface area contributed by atoms with Gasteiger partial charge < -0.3 is 10.5 Å². The van der Waals surface area contributed by atoms with E-state index in [2.05, 4.69) is 6.07 Å². The fraction of sp³-hybridized carbons (Fsp3) is 0.393. The van der Waals surface area contributed by atoms with Gasteiger partial charge in [0, 0.05) is 22.6 Å². The highest BCUT2D eigenvalue weighted by Crippen LogP contribution is 2.53. The standard InChI is InChI=1S/C28H28FN3O3S/c1-28(2)12-19-24(20(33)13-28)22(15-8-10-16(29)11-9-15)18(14-30)25(31)32(19)26-23(27(34)35-3)17-6-4-5-7-21(17)36-26/h8-11,22H,4-7,12-13,31H2,1-3H3/t22-/m1/s1. The summed E-state index contributed by atoms with van der Waals surface area (Å²) in [5.41, 5.74) is 9.91. The van der Waals surface area contributed by atoms with Crippen LogP contribution < -0.4 is 10.6 Å². The molecule has 1 aromatic heterocycles. The van der Waals surface area contributed by atoms with Crippen molar-refractivity contribution in [3.8, 4) is 6.07 Å². The van der Waals surface area contributed by atoms with Gasteiger partial charge in [-0.1, -0.05) is 26.0 Å². The molecule has 2 N–H and O–H groups in total. The average Bonchev–Trinajstić information content (AvgIpc) is 3.21. The normalized spacial score (nSPS) is 21.1. The van der Waals surface area contributed by atoms with Crippen molar-refractivity contribution in [1.29, 1.82) is 5.26 Å². The number of esters is 1. The Balaban J connectivity index is 1.80. The number of rotatable bonds is 3. The van der Waals surface area contributed by atoms with Crippen LogP contribution in [0.25, 0.3) is 0 Å². The number of fused-ring (bicyclic) bond motifs is 1. The van der Waals surface area contributed by atoms with Crippen LogP contribution in [0, 0.1) is 22.6 Å². The number of ketones is 1. The van der Waals surface area contributed by atoms with Gasteiger partial charge in [0.05, 0.1) is 30.2 Å². The molecule has 6 nitrogen and oxygen atoms in total. The number of allylic oxidation sites excluding steroid dienone is 3. The summed E-state index contributed by atoms with van der Waals surface area (Å²) >= 11 is 1.49. The van der Waals surface area contributed by atoms with Crippen molar-refractivity contribution in [2.75, 3.05) is 12.0 Å². The number of benzene rings is 1. The molecule has 3 aliphatic rings. The first-order chi connectivity index (χ1) is 17.2. The second-order valence-corrected chi connectivity index (χ2v) is 11.5. The van der Waals surface area contributed by atoms with E-state index < -0.39 is 17.7 Å². The molecule has 0 unspecified atom stereocenters. The average molecular weight is 506 g/mol. The number of Topliss-reactive ketones (excluding diaryl/α,β-unsaturated/α-hetero) is 1. The Morgan fingerprint density at radius 1 is 1.22 bits per heavy atom. The van der Waals surface area contributed by atoms with Gasteiger partial charge in [-0.2, -0.15) is 5.26 Å². The van der Waals surface area contributed by atoms with Crippen molar-refractivity contribution < 1.29 is 18.7 Å². The monoisotopic (exact) mass is 505 g/mol. The van der Waals surface area contributed by atoms with Gasteiger partial charge in [0.1, 0.15) is 16.6 Å². The van der Waals surface area contributed by atoms with Crippen LogP contribution in [0.15, 0.2) is 46.9 Å². The van der Waals surface area contributed by atoms with Crippen molar-refractivity contribution in [3.63, 3.8) is 0 Å². The molecule has 5 rings (SSSR count). The minimum atomic E-state index is -0.693. The van der Waals surface area contributed by atoms with Crippen molar-refractivity contribution in [2.24, 2.45) is 11.1 Å². The lowest BCUT2D eigenvalue weighted by Gasteiger charge is -2.43. The fourth-order valence-corrected chi connectivity index (χ4v) is 7.17. The molecular formula is C28H28FN3O3S. The van der Waals surface area contributed by atoms with Gasteiger partial charge in [0.25, 0.3) is 0 Å². The van der Waals surface area contributed by atoms with Crippen LogP contribution in [-0.2, 0) is 22.4 Å². The number of halogens is 1. The molecule has 2 heterocycles. The van der Waals surface area contributed by atoms with Gasteiger partial charge in [-0.15, -0.1) is 11.3 Å². The summed E-state index contributed by atoms with van der Waals surface area (Å²) in [6.07, 6.45) is 4.51. The van der Waals surface area contributed by atoms with E-state index >= 15 is 0 Å². The minimum Gasteiger partial charge on any atom is -0.465 e. The maximum Gasteiger partial charge on any atom is 0.341 e. The van der Waals surface area contributed by atoms with E-state index in [-0.39, 0.29) is 22.6 Å². The summed E-state index contributed by atoms with van der Waals surface area (Å²) < 4.78 is 18.9. The Labute approximate surface area is 213 Å². The number of hydrogen-bond donors (Lipinski definition) is 1. The van der Waals surface area contributed by atoms with Crippen LogP contribution in [-0.4, -0.2) is 18.9 Å². The third-order valence-electron chi connectivity index (χ3n) is 7.33. The smallest absolute Gasteiger partial charge is 0.341 e. The van der Waals surface area contributed by atoms with Gasteiger partial charge >= 0.3 is 5.97 Å². The van der Waals surface area contributed by atoms with Crippen molar-refractivity contribution in [3.05, 3.63) is 74.3 Å². The third kappa shape index (κ3) is 3.82. The summed E-state index contributed by atoms with van der Waals surface area (Å²) in [7, 11) is 1.36. The topological polar surface area (TPSA) is 96.4 Å². The number of nitrogens with zero attached hydrogens (tertiary/aromatic N) is 2. The lowest BCUT2D eigenvalue weighted by molar-refractivity contribution is -0.118. The number of carbonyl (C=O) groups excluding carboxylic acids is 2. The van der Waals surface area contributed by atoms with Crippen LogP contribution in [0.5, 0.6) is 0 Å². The Morgan fingerprint density at radius 2 is 1.92 bits per heavy atom. The number of thiophene rings is 1. The Bertz CT molecular complexity index is 1380. The van der Waals surface area contributed by atoms with Gasteiger partial charge in [0.15, 0.2) is 5.78 Å². The largest absolute Gasteiger partial charge is 0.465 e. The predicted octanol–water partition coefficient (Wildman–Crippen LogP) is 5.49. The Morgan fingerprint density at radius 3 is 2.58 bits per heavy atom. The molecule has 2 aliphatic carbocycles. The zero-order chi connectivity index (χ0) is 25.8. The molecule has 2 aromatic rings. The maximum atomic E-state index is 13.7. The zero-order valence-corrected chi connectivity index (χ0v) is 21.4. The van der Waals surface area contributed by atoms with E-state index in [1.807, 2.05) is 13.8 Å². The first-order valence-electron chi connectivity index (χ1n) is 12.1. The van der Waals surface area contributed by atoms with Gasteiger partial charge in [-0.3, -0.25) is 9.69 Å². The van der Waals surface area contributed by atoms with Gasteiger partial charge in [0.2, 0.25) is 0 Å². The molecule has 0 bridgehead atoms. The lowest BCUT2D eigenvalue weighted by Crippen LogP contribution is -2.42. The number of ether oxygens (including phenoxy) is 1. The minimum absolute atomic E-state index is 0.0678. The van der Waals surface area contributed by atoms with Crippen LogP contribution in [0.3, 0.4) is 0 Å². The molecule has 186 valence electrons. The molecule has 1 atom stereocenters. The molecule has 8 heteroatoms. The zero-order valence-electron chi connectivity index (χ0n) is 20.6. The molecule has 0 spiro atoms. The summed E-state index contributed by atoms with van der Waals surface area (Å²) in [5, 5.41) is 10.9. The first kappa shape index (κ1) is 24.3. The molecule has 36 heavy (non-hydrogen) atoms. The van der Waals surface area contributed by atoms with Crippen LogP contribution in [0.2, 0.25) is 0 Å². The van der Waals surface area contributed by atoms with Crippen LogP contribution in [0.4, 0.5) is 9.39 Å². The van der Waals surface area contributed by atoms with E-state index in [1.54, 1.807) is 17.0 Å². The van der Waals surface area contributed by atoms with E-state index in [4.69, 9.17) is 10.5 Å². The number of methoxy groups -OCH3 is 1. The second kappa shape index (κ2) is 8.90. The van der Waals surface area contributed by atoms with E-state index in [0.717, 1.165) is 36.1 Å². The molecular weight excluding hydrogens is 477 g/mol. The number of anilines is 1. The van der Waals surface area contributed by atoms with Crippen LogP contribution in [0.1, 0.15) is 71.8 Å². The van der Waals surface area contributed by atoms with Crippen LogP contribution >= 0.6 is 11.3 Å². The molecule has 0 amide bonds. The quantitative estimate of drug-likeness (QED) is 0.554. The highest BCUT2D eigenvalue weighted by atomic mass is 32.1. The fourth-order valence-electron chi connectivity index (χ4n) is 5.75. The van der Waals surface area contributed by atoms with Crippen molar-refractivity contribution in [1.82, 2.24) is 0 Å². The number of nitrogens with two attached hydrogens (primary N) is 1. The molecule has 1 aromatic carbocycles. The second-order valence-electron chi connectivity index (χ2n) is 10.4. The predicted molar refractivity (Wildman–Crippen MR) is 136 cm³/mol. The SMILES string of the molecule is COC(=O)c1c(N2C(N)=C(C#N)[C@@H](c3ccc(F)cc3)C3=C2CC(C)(C)CC3=O)sc2c1CCCC2. The first-order valence-corrected chi connectivity index (χ1v) is 12.9. The summed E-state index contributed by atoms with van der Waals surface area (Å²) in [4.78, 5) is 29.6. The number of aryl methyl sites for hydroxylation is 1.